The first kappa shape index (κ1) is 17.8. The summed E-state index contributed by atoms with van der Waals surface area (Å²) in [4.78, 5) is -0.363. The second-order valence-electron chi connectivity index (χ2n) is 4.86. The molecule has 0 aliphatic heterocycles. The van der Waals surface area contributed by atoms with Crippen molar-refractivity contribution in [2.75, 3.05) is 18.5 Å². The first-order chi connectivity index (χ1) is 9.85. The summed E-state index contributed by atoms with van der Waals surface area (Å²) in [6, 6.07) is 5.71. The number of alkyl halides is 2. The molecule has 1 aromatic rings. The third-order valence-electron chi connectivity index (χ3n) is 2.77. The molecule has 0 amide bonds. The van der Waals surface area contributed by atoms with Crippen LogP contribution in [0.2, 0.25) is 0 Å². The van der Waals surface area contributed by atoms with Crippen molar-refractivity contribution < 1.29 is 21.9 Å². The van der Waals surface area contributed by atoms with E-state index in [0.717, 1.165) is 12.8 Å². The van der Waals surface area contributed by atoms with Gasteiger partial charge in [0.25, 0.3) is 0 Å². The van der Waals surface area contributed by atoms with Gasteiger partial charge in [0.05, 0.1) is 16.7 Å². The lowest BCUT2D eigenvalue weighted by molar-refractivity contribution is 0.0765. The maximum atomic E-state index is 12.6. The van der Waals surface area contributed by atoms with Gasteiger partial charge in [-0.2, -0.15) is 8.78 Å². The predicted molar refractivity (Wildman–Crippen MR) is 78.4 cm³/mol. The Kier molecular flexibility index (Phi) is 7.04. The SMILES string of the molecule is CC(C)OCCCCNc1ccccc1S(=O)(=O)C(F)F. The molecular formula is C14H21F2NO3S. The minimum Gasteiger partial charge on any atom is -0.384 e. The van der Waals surface area contributed by atoms with Crippen LogP contribution in [0.5, 0.6) is 0 Å². The fourth-order valence-electron chi connectivity index (χ4n) is 1.73. The molecule has 0 saturated heterocycles. The Balaban J connectivity index is 2.57. The highest BCUT2D eigenvalue weighted by Crippen LogP contribution is 2.25. The molecule has 0 bridgehead atoms. The molecule has 0 unspecified atom stereocenters. The lowest BCUT2D eigenvalue weighted by Gasteiger charge is -2.12. The molecule has 0 atom stereocenters. The van der Waals surface area contributed by atoms with E-state index < -0.39 is 15.6 Å². The summed E-state index contributed by atoms with van der Waals surface area (Å²) in [7, 11) is -4.59. The van der Waals surface area contributed by atoms with Crippen LogP contribution in [-0.2, 0) is 14.6 Å². The summed E-state index contributed by atoms with van der Waals surface area (Å²) in [6.07, 6.45) is 1.75. The van der Waals surface area contributed by atoms with Gasteiger partial charge in [0.15, 0.2) is 0 Å². The Morgan fingerprint density at radius 1 is 1.19 bits per heavy atom. The molecule has 120 valence electrons. The van der Waals surface area contributed by atoms with Crippen molar-refractivity contribution in [3.05, 3.63) is 24.3 Å². The number of unbranched alkanes of at least 4 members (excludes halogenated alkanes) is 1. The van der Waals surface area contributed by atoms with Crippen LogP contribution >= 0.6 is 0 Å². The van der Waals surface area contributed by atoms with Gasteiger partial charge in [0, 0.05) is 13.2 Å². The van der Waals surface area contributed by atoms with Crippen LogP contribution in [0.15, 0.2) is 29.2 Å². The Labute approximate surface area is 124 Å². The third-order valence-corrected chi connectivity index (χ3v) is 4.20. The molecule has 1 aromatic carbocycles. The maximum Gasteiger partial charge on any atom is 0.341 e. The number of sulfone groups is 1. The Bertz CT molecular complexity index is 533. The average molecular weight is 321 g/mol. The molecule has 0 fully saturated rings. The van der Waals surface area contributed by atoms with Gasteiger partial charge in [-0.15, -0.1) is 0 Å². The summed E-state index contributed by atoms with van der Waals surface area (Å²) in [5.41, 5.74) is 0.211. The summed E-state index contributed by atoms with van der Waals surface area (Å²) in [5.74, 6) is -3.42. The Hall–Kier alpha value is -1.21. The molecule has 0 heterocycles. The quantitative estimate of drug-likeness (QED) is 0.709. The van der Waals surface area contributed by atoms with Crippen LogP contribution in [0.1, 0.15) is 26.7 Å². The standard InChI is InChI=1S/C14H21F2NO3S/c1-11(2)20-10-6-5-9-17-12-7-3-4-8-13(12)21(18,19)14(15)16/h3-4,7-8,11,14,17H,5-6,9-10H2,1-2H3. The van der Waals surface area contributed by atoms with Gasteiger partial charge in [-0.1, -0.05) is 12.1 Å². The zero-order valence-electron chi connectivity index (χ0n) is 12.2. The molecule has 7 heteroatoms. The maximum absolute atomic E-state index is 12.6. The van der Waals surface area contributed by atoms with Crippen LogP contribution < -0.4 is 5.32 Å². The number of benzene rings is 1. The van der Waals surface area contributed by atoms with Crippen LogP contribution in [-0.4, -0.2) is 33.4 Å². The lowest BCUT2D eigenvalue weighted by Crippen LogP contribution is -2.15. The van der Waals surface area contributed by atoms with E-state index in [0.29, 0.717) is 13.2 Å². The minimum atomic E-state index is -4.59. The topological polar surface area (TPSA) is 55.4 Å². The van der Waals surface area contributed by atoms with Crippen molar-refractivity contribution >= 4 is 15.5 Å². The number of rotatable bonds is 9. The molecule has 4 nitrogen and oxygen atoms in total. The van der Waals surface area contributed by atoms with E-state index in [1.54, 1.807) is 6.07 Å². The highest BCUT2D eigenvalue weighted by atomic mass is 32.2. The zero-order chi connectivity index (χ0) is 15.9. The van der Waals surface area contributed by atoms with E-state index in [2.05, 4.69) is 5.32 Å². The number of hydrogen-bond acceptors (Lipinski definition) is 4. The van der Waals surface area contributed by atoms with E-state index in [9.17, 15) is 17.2 Å². The highest BCUT2D eigenvalue weighted by Gasteiger charge is 2.28. The van der Waals surface area contributed by atoms with E-state index in [-0.39, 0.29) is 16.7 Å². The fraction of sp³-hybridized carbons (Fsp3) is 0.571. The van der Waals surface area contributed by atoms with Gasteiger partial charge in [-0.25, -0.2) is 8.42 Å². The molecule has 0 spiro atoms. The molecule has 0 aromatic heterocycles. The molecule has 0 radical (unpaired) electrons. The van der Waals surface area contributed by atoms with E-state index >= 15 is 0 Å². The molecule has 0 aliphatic rings. The first-order valence-electron chi connectivity index (χ1n) is 6.82. The molecular weight excluding hydrogens is 300 g/mol. The largest absolute Gasteiger partial charge is 0.384 e. The highest BCUT2D eigenvalue weighted by molar-refractivity contribution is 7.91. The van der Waals surface area contributed by atoms with Crippen LogP contribution in [0, 0.1) is 0 Å². The minimum absolute atomic E-state index is 0.176. The van der Waals surface area contributed by atoms with Crippen molar-refractivity contribution in [3.8, 4) is 0 Å². The van der Waals surface area contributed by atoms with Crippen LogP contribution in [0.3, 0.4) is 0 Å². The first-order valence-corrected chi connectivity index (χ1v) is 8.37. The van der Waals surface area contributed by atoms with Crippen LogP contribution in [0.25, 0.3) is 0 Å². The number of nitrogens with one attached hydrogen (secondary N) is 1. The number of anilines is 1. The Morgan fingerprint density at radius 2 is 1.86 bits per heavy atom. The smallest absolute Gasteiger partial charge is 0.341 e. The summed E-state index contributed by atoms with van der Waals surface area (Å²) < 4.78 is 53.7. The Morgan fingerprint density at radius 3 is 2.48 bits per heavy atom. The van der Waals surface area contributed by atoms with Crippen LogP contribution in [0.4, 0.5) is 14.5 Å². The summed E-state index contributed by atoms with van der Waals surface area (Å²) in [5, 5.41) is 2.89. The van der Waals surface area contributed by atoms with E-state index in [1.165, 1.54) is 18.2 Å². The average Bonchev–Trinajstić information content (AvgIpc) is 2.42. The molecule has 1 N–H and O–H groups in total. The van der Waals surface area contributed by atoms with E-state index in [1.807, 2.05) is 13.8 Å². The van der Waals surface area contributed by atoms with Gasteiger partial charge in [0.2, 0.25) is 9.84 Å². The van der Waals surface area contributed by atoms with Crippen molar-refractivity contribution in [2.24, 2.45) is 0 Å². The van der Waals surface area contributed by atoms with Crippen molar-refractivity contribution in [1.82, 2.24) is 0 Å². The van der Waals surface area contributed by atoms with Gasteiger partial charge >= 0.3 is 5.76 Å². The number of hydrogen-bond donors (Lipinski definition) is 1. The normalized spacial score (nSPS) is 12.1. The van der Waals surface area contributed by atoms with Gasteiger partial charge in [0.1, 0.15) is 0 Å². The molecule has 1 rings (SSSR count). The number of ether oxygens (including phenoxy) is 1. The summed E-state index contributed by atoms with van der Waals surface area (Å²) >= 11 is 0. The zero-order valence-corrected chi connectivity index (χ0v) is 13.0. The molecule has 0 saturated carbocycles. The van der Waals surface area contributed by atoms with Crippen molar-refractivity contribution in [3.63, 3.8) is 0 Å². The number of para-hydroxylation sites is 1. The fourth-order valence-corrected chi connectivity index (χ4v) is 2.63. The second kappa shape index (κ2) is 8.29. The van der Waals surface area contributed by atoms with Crippen molar-refractivity contribution in [2.45, 2.75) is 43.4 Å². The van der Waals surface area contributed by atoms with Crippen molar-refractivity contribution in [1.29, 1.82) is 0 Å². The molecule has 21 heavy (non-hydrogen) atoms. The number of halogens is 2. The van der Waals surface area contributed by atoms with Gasteiger partial charge < -0.3 is 10.1 Å². The summed E-state index contributed by atoms with van der Waals surface area (Å²) in [6.45, 7) is 5.01. The van der Waals surface area contributed by atoms with Gasteiger partial charge in [-0.3, -0.25) is 0 Å². The second-order valence-corrected chi connectivity index (χ2v) is 6.74. The predicted octanol–water partition coefficient (Wildman–Crippen LogP) is 3.30. The van der Waals surface area contributed by atoms with E-state index in [4.69, 9.17) is 4.74 Å². The lowest BCUT2D eigenvalue weighted by atomic mass is 10.3. The monoisotopic (exact) mass is 321 g/mol. The van der Waals surface area contributed by atoms with Gasteiger partial charge in [-0.05, 0) is 38.8 Å². The third kappa shape index (κ3) is 5.59. The molecule has 0 aliphatic carbocycles.